The van der Waals surface area contributed by atoms with E-state index in [4.69, 9.17) is 4.74 Å². The van der Waals surface area contributed by atoms with Crippen LogP contribution in [0.15, 0.2) is 59.7 Å². The summed E-state index contributed by atoms with van der Waals surface area (Å²) >= 11 is 0. The summed E-state index contributed by atoms with van der Waals surface area (Å²) in [5.74, 6) is 0.814. The molecule has 0 saturated carbocycles. The molecule has 0 bridgehead atoms. The molecule has 0 spiro atoms. The number of aryl methyl sites for hydroxylation is 1. The molecule has 3 aromatic heterocycles. The average molecular weight is 390 g/mol. The van der Waals surface area contributed by atoms with Crippen molar-refractivity contribution in [3.63, 3.8) is 0 Å². The van der Waals surface area contributed by atoms with Gasteiger partial charge in [0.05, 0.1) is 12.8 Å². The second-order valence-electron chi connectivity index (χ2n) is 6.33. The van der Waals surface area contributed by atoms with Crippen LogP contribution in [-0.2, 0) is 11.3 Å². The molecule has 29 heavy (non-hydrogen) atoms. The largest absolute Gasteiger partial charge is 0.497 e. The van der Waals surface area contributed by atoms with Crippen LogP contribution in [0.2, 0.25) is 0 Å². The summed E-state index contributed by atoms with van der Waals surface area (Å²) in [5.41, 5.74) is 2.15. The third kappa shape index (κ3) is 3.70. The Morgan fingerprint density at radius 1 is 1.14 bits per heavy atom. The van der Waals surface area contributed by atoms with Crippen molar-refractivity contribution in [1.29, 1.82) is 0 Å². The number of anilines is 1. The lowest BCUT2D eigenvalue weighted by Gasteiger charge is -2.05. The molecule has 4 rings (SSSR count). The van der Waals surface area contributed by atoms with Crippen LogP contribution in [0.3, 0.4) is 0 Å². The quantitative estimate of drug-likeness (QED) is 0.558. The van der Waals surface area contributed by atoms with E-state index < -0.39 is 5.69 Å². The molecule has 0 atom stereocenters. The van der Waals surface area contributed by atoms with Crippen molar-refractivity contribution in [1.82, 2.24) is 24.1 Å². The van der Waals surface area contributed by atoms with Gasteiger partial charge >= 0.3 is 5.69 Å². The van der Waals surface area contributed by atoms with Crippen LogP contribution in [0, 0.1) is 6.92 Å². The highest BCUT2D eigenvalue weighted by molar-refractivity contribution is 5.90. The van der Waals surface area contributed by atoms with Crippen LogP contribution in [-0.4, -0.2) is 37.2 Å². The number of carbonyl (C=O) groups excluding carboxylic acids is 1. The molecule has 0 radical (unpaired) electrons. The second kappa shape index (κ2) is 7.55. The van der Waals surface area contributed by atoms with Gasteiger partial charge in [-0.1, -0.05) is 0 Å². The Kier molecular flexibility index (Phi) is 4.78. The molecule has 0 fully saturated rings. The standard InChI is InChI=1S/C20H18N6O3/c1-13-22-17(14-7-9-21-10-8-14)11-18-24-25(20(28)26(13)18)12-19(27)23-15-3-5-16(29-2)6-4-15/h3-11H,12H2,1-2H3,(H,23,27). The molecular weight excluding hydrogens is 372 g/mol. The minimum atomic E-state index is -0.420. The van der Waals surface area contributed by atoms with Gasteiger partial charge in [-0.2, -0.15) is 0 Å². The lowest BCUT2D eigenvalue weighted by atomic mass is 10.2. The van der Waals surface area contributed by atoms with Crippen molar-refractivity contribution in [3.8, 4) is 17.0 Å². The highest BCUT2D eigenvalue weighted by atomic mass is 16.5. The zero-order valence-corrected chi connectivity index (χ0v) is 15.9. The first-order valence-corrected chi connectivity index (χ1v) is 8.86. The highest BCUT2D eigenvalue weighted by Gasteiger charge is 2.15. The van der Waals surface area contributed by atoms with Gasteiger partial charge in [0.25, 0.3) is 0 Å². The minimum Gasteiger partial charge on any atom is -0.497 e. The Bertz CT molecular complexity index is 1230. The molecule has 0 aliphatic heterocycles. The first-order valence-electron chi connectivity index (χ1n) is 8.86. The Hall–Kier alpha value is -4.01. The van der Waals surface area contributed by atoms with Crippen LogP contribution in [0.25, 0.3) is 16.9 Å². The van der Waals surface area contributed by atoms with Crippen LogP contribution < -0.4 is 15.7 Å². The number of aromatic nitrogens is 5. The summed E-state index contributed by atoms with van der Waals surface area (Å²) in [4.78, 5) is 33.5. The van der Waals surface area contributed by atoms with E-state index in [1.165, 1.54) is 4.40 Å². The smallest absolute Gasteiger partial charge is 0.352 e. The Balaban J connectivity index is 1.60. The minimum absolute atomic E-state index is 0.212. The molecule has 9 heteroatoms. The van der Waals surface area contributed by atoms with Crippen molar-refractivity contribution in [2.24, 2.45) is 0 Å². The molecule has 0 aliphatic carbocycles. The fourth-order valence-electron chi connectivity index (χ4n) is 2.99. The molecule has 9 nitrogen and oxygen atoms in total. The molecule has 1 N–H and O–H groups in total. The Labute approximate surface area is 165 Å². The zero-order valence-electron chi connectivity index (χ0n) is 15.9. The van der Waals surface area contributed by atoms with Gasteiger partial charge in [0.15, 0.2) is 5.65 Å². The number of nitrogens with one attached hydrogen (secondary N) is 1. The predicted molar refractivity (Wildman–Crippen MR) is 107 cm³/mol. The number of hydrogen-bond donors (Lipinski definition) is 1. The van der Waals surface area contributed by atoms with Gasteiger partial charge in [-0.3, -0.25) is 9.78 Å². The molecule has 0 aliphatic rings. The summed E-state index contributed by atoms with van der Waals surface area (Å²) in [6.45, 7) is 1.51. The highest BCUT2D eigenvalue weighted by Crippen LogP contribution is 2.18. The van der Waals surface area contributed by atoms with E-state index >= 15 is 0 Å². The number of nitrogens with zero attached hydrogens (tertiary/aromatic N) is 5. The molecule has 1 amide bonds. The molecular formula is C20H18N6O3. The SMILES string of the molecule is COc1ccc(NC(=O)Cn2nc3cc(-c4ccncc4)nc(C)n3c2=O)cc1. The topological polar surface area (TPSA) is 103 Å². The predicted octanol–water partition coefficient (Wildman–Crippen LogP) is 1.91. The van der Waals surface area contributed by atoms with Gasteiger partial charge in [0.1, 0.15) is 18.1 Å². The number of hydrogen-bond acceptors (Lipinski definition) is 6. The fraction of sp³-hybridized carbons (Fsp3) is 0.150. The summed E-state index contributed by atoms with van der Waals surface area (Å²) in [6, 6.07) is 12.3. The van der Waals surface area contributed by atoms with Crippen molar-refractivity contribution in [3.05, 3.63) is 71.2 Å². The summed E-state index contributed by atoms with van der Waals surface area (Å²) in [7, 11) is 1.57. The number of carbonyl (C=O) groups is 1. The number of amides is 1. The van der Waals surface area contributed by atoms with E-state index in [0.717, 1.165) is 10.2 Å². The van der Waals surface area contributed by atoms with Crippen LogP contribution in [0.1, 0.15) is 5.82 Å². The number of pyridine rings is 1. The maximum atomic E-state index is 12.7. The van der Waals surface area contributed by atoms with Crippen molar-refractivity contribution in [2.45, 2.75) is 13.5 Å². The number of fused-ring (bicyclic) bond motifs is 1. The van der Waals surface area contributed by atoms with E-state index in [1.807, 2.05) is 12.1 Å². The molecule has 0 unspecified atom stereocenters. The third-order valence-electron chi connectivity index (χ3n) is 4.38. The number of ether oxygens (including phenoxy) is 1. The molecule has 1 aromatic carbocycles. The lowest BCUT2D eigenvalue weighted by Crippen LogP contribution is -2.28. The fourth-order valence-corrected chi connectivity index (χ4v) is 2.99. The van der Waals surface area contributed by atoms with Crippen LogP contribution in [0.5, 0.6) is 5.75 Å². The van der Waals surface area contributed by atoms with Gasteiger partial charge in [-0.25, -0.2) is 18.9 Å². The normalized spacial score (nSPS) is 10.8. The monoisotopic (exact) mass is 390 g/mol. The van der Waals surface area contributed by atoms with Crippen molar-refractivity contribution >= 4 is 17.2 Å². The summed E-state index contributed by atoms with van der Waals surface area (Å²) in [5, 5.41) is 7.04. The second-order valence-corrected chi connectivity index (χ2v) is 6.33. The van der Waals surface area contributed by atoms with Crippen molar-refractivity contribution in [2.75, 3.05) is 12.4 Å². The van der Waals surface area contributed by atoms with Gasteiger partial charge in [-0.05, 0) is 43.3 Å². The van der Waals surface area contributed by atoms with E-state index in [-0.39, 0.29) is 12.5 Å². The molecule has 4 aromatic rings. The average Bonchev–Trinajstić information content (AvgIpc) is 3.04. The Morgan fingerprint density at radius 3 is 2.55 bits per heavy atom. The number of rotatable bonds is 5. The van der Waals surface area contributed by atoms with E-state index in [2.05, 4.69) is 20.4 Å². The van der Waals surface area contributed by atoms with E-state index in [0.29, 0.717) is 28.6 Å². The van der Waals surface area contributed by atoms with Crippen LogP contribution >= 0.6 is 0 Å². The molecule has 3 heterocycles. The maximum Gasteiger partial charge on any atom is 0.352 e. The Morgan fingerprint density at radius 2 is 1.86 bits per heavy atom. The van der Waals surface area contributed by atoms with Crippen molar-refractivity contribution < 1.29 is 9.53 Å². The summed E-state index contributed by atoms with van der Waals surface area (Å²) in [6.07, 6.45) is 3.34. The van der Waals surface area contributed by atoms with E-state index in [9.17, 15) is 9.59 Å². The number of benzene rings is 1. The first-order chi connectivity index (χ1) is 14.0. The zero-order chi connectivity index (χ0) is 20.4. The summed E-state index contributed by atoms with van der Waals surface area (Å²) < 4.78 is 7.60. The molecule has 0 saturated heterocycles. The van der Waals surface area contributed by atoms with Gasteiger partial charge in [-0.15, -0.1) is 5.10 Å². The van der Waals surface area contributed by atoms with E-state index in [1.54, 1.807) is 56.8 Å². The first kappa shape index (κ1) is 18.4. The van der Waals surface area contributed by atoms with Gasteiger partial charge in [0.2, 0.25) is 5.91 Å². The number of methoxy groups -OCH3 is 1. The van der Waals surface area contributed by atoms with Crippen LogP contribution in [0.4, 0.5) is 5.69 Å². The van der Waals surface area contributed by atoms with Gasteiger partial charge < -0.3 is 10.1 Å². The lowest BCUT2D eigenvalue weighted by molar-refractivity contribution is -0.117. The molecule has 146 valence electrons. The van der Waals surface area contributed by atoms with Gasteiger partial charge in [0, 0.05) is 29.7 Å². The third-order valence-corrected chi connectivity index (χ3v) is 4.38. The maximum absolute atomic E-state index is 12.7.